The molecule has 256 valence electrons. The normalized spacial score (nSPS) is 28.3. The monoisotopic (exact) mass is 649 g/mol. The van der Waals surface area contributed by atoms with Crippen LogP contribution in [0.15, 0.2) is 72.5 Å². The van der Waals surface area contributed by atoms with E-state index in [1.54, 1.807) is 24.1 Å². The number of ether oxygens (including phenoxy) is 3. The van der Waals surface area contributed by atoms with Gasteiger partial charge in [0.15, 0.2) is 6.10 Å². The van der Waals surface area contributed by atoms with E-state index in [-0.39, 0.29) is 36.8 Å². The maximum atomic E-state index is 13.1. The number of carbonyl (C=O) groups is 3. The third kappa shape index (κ3) is 10.0. The summed E-state index contributed by atoms with van der Waals surface area (Å²) in [5, 5.41) is 12.4. The maximum absolute atomic E-state index is 13.1. The van der Waals surface area contributed by atoms with E-state index >= 15 is 0 Å². The summed E-state index contributed by atoms with van der Waals surface area (Å²) in [6.45, 7) is 12.3. The lowest BCUT2D eigenvalue weighted by Crippen LogP contribution is -2.50. The molecule has 1 amide bonds. The SMILES string of the molecule is C/C(=C\C=C\[C@@H](C)COC(=O)n1ccc2ccccc21)[C@H]1OC(=O)C[C@H](C)CC[C@@](C)(O)[C@@H](OC(=O)N2CCN(C)CC2)/C=C/[C@@H]1C. The number of aromatic nitrogens is 1. The van der Waals surface area contributed by atoms with E-state index in [4.69, 9.17) is 14.2 Å². The lowest BCUT2D eigenvalue weighted by molar-refractivity contribution is -0.150. The predicted octanol–water partition coefficient (Wildman–Crippen LogP) is 6.19. The number of esters is 1. The Bertz CT molecular complexity index is 1470. The average molecular weight is 650 g/mol. The number of cyclic esters (lactones) is 1. The van der Waals surface area contributed by atoms with Gasteiger partial charge in [-0.3, -0.25) is 9.36 Å². The first-order chi connectivity index (χ1) is 22.3. The summed E-state index contributed by atoms with van der Waals surface area (Å²) in [7, 11) is 2.02. The fraction of sp³-hybridized carbons (Fsp3) is 0.541. The van der Waals surface area contributed by atoms with Crippen LogP contribution < -0.4 is 0 Å². The van der Waals surface area contributed by atoms with Gasteiger partial charge in [-0.1, -0.05) is 63.3 Å². The first-order valence-corrected chi connectivity index (χ1v) is 16.7. The van der Waals surface area contributed by atoms with E-state index in [1.165, 1.54) is 4.57 Å². The van der Waals surface area contributed by atoms with Gasteiger partial charge in [0.1, 0.15) is 11.7 Å². The fourth-order valence-corrected chi connectivity index (χ4v) is 5.86. The molecular formula is C37H51N3O7. The molecule has 1 N–H and O–H groups in total. The minimum absolute atomic E-state index is 0.0282. The predicted molar refractivity (Wildman–Crippen MR) is 182 cm³/mol. The standard InChI is InChI=1S/C37H51N3O7/c1-26-16-18-37(5,44)32(46-35(42)39-22-20-38(6)21-23-39)15-14-29(4)34(47-33(41)24-26)28(3)11-9-10-27(2)25-45-36(43)40-19-17-30-12-7-8-13-31(30)40/h7-15,17,19,26-27,29,32,34,44H,16,18,20-25H2,1-6H3/b10-9+,15-14+,28-11+/t26-,27-,29+,32+,34-,37-/m1/s1. The number of nitrogens with zero attached hydrogens (tertiary/aromatic N) is 3. The number of benzene rings is 1. The van der Waals surface area contributed by atoms with E-state index in [2.05, 4.69) is 4.90 Å². The van der Waals surface area contributed by atoms with E-state index < -0.39 is 30.0 Å². The molecule has 6 atom stereocenters. The van der Waals surface area contributed by atoms with Crippen molar-refractivity contribution in [1.82, 2.24) is 14.4 Å². The number of hydrogen-bond acceptors (Lipinski definition) is 8. The van der Waals surface area contributed by atoms with Crippen LogP contribution in [0.1, 0.15) is 53.9 Å². The zero-order valence-electron chi connectivity index (χ0n) is 28.6. The summed E-state index contributed by atoms with van der Waals surface area (Å²) in [5.74, 6) is -0.649. The molecule has 0 bridgehead atoms. The molecule has 3 heterocycles. The summed E-state index contributed by atoms with van der Waals surface area (Å²) >= 11 is 0. The number of aliphatic hydroxyl groups is 1. The van der Waals surface area contributed by atoms with Gasteiger partial charge in [0, 0.05) is 56.0 Å². The number of para-hydroxylation sites is 1. The number of allylic oxidation sites excluding steroid dienone is 2. The van der Waals surface area contributed by atoms with Gasteiger partial charge in [0.05, 0.1) is 12.1 Å². The summed E-state index contributed by atoms with van der Waals surface area (Å²) < 4.78 is 19.0. The molecule has 10 heteroatoms. The number of amides is 1. The van der Waals surface area contributed by atoms with Crippen LogP contribution in [-0.2, 0) is 19.0 Å². The molecule has 0 aliphatic carbocycles. The van der Waals surface area contributed by atoms with E-state index in [9.17, 15) is 19.5 Å². The second-order valence-electron chi connectivity index (χ2n) is 13.5. The topological polar surface area (TPSA) is 111 Å². The van der Waals surface area contributed by atoms with Crippen LogP contribution in [0.2, 0.25) is 0 Å². The quantitative estimate of drug-likeness (QED) is 0.171. The molecule has 1 fully saturated rings. The molecule has 2 aromatic rings. The lowest BCUT2D eigenvalue weighted by Gasteiger charge is -2.36. The van der Waals surface area contributed by atoms with Gasteiger partial charge in [0.2, 0.25) is 0 Å². The third-order valence-corrected chi connectivity index (χ3v) is 9.10. The van der Waals surface area contributed by atoms with Crippen molar-refractivity contribution >= 4 is 29.1 Å². The van der Waals surface area contributed by atoms with Crippen LogP contribution in [0.25, 0.3) is 10.9 Å². The van der Waals surface area contributed by atoms with Gasteiger partial charge in [0.25, 0.3) is 0 Å². The zero-order chi connectivity index (χ0) is 34.1. The van der Waals surface area contributed by atoms with E-state index in [1.807, 2.05) is 89.4 Å². The van der Waals surface area contributed by atoms with Crippen LogP contribution in [0, 0.1) is 17.8 Å². The second kappa shape index (κ2) is 16.3. The molecule has 0 unspecified atom stereocenters. The molecule has 2 aliphatic rings. The highest BCUT2D eigenvalue weighted by Gasteiger charge is 2.36. The summed E-state index contributed by atoms with van der Waals surface area (Å²) in [4.78, 5) is 42.6. The van der Waals surface area contributed by atoms with Crippen molar-refractivity contribution in [2.24, 2.45) is 17.8 Å². The largest absolute Gasteiger partial charge is 0.457 e. The van der Waals surface area contributed by atoms with Gasteiger partial charge >= 0.3 is 18.2 Å². The van der Waals surface area contributed by atoms with Crippen molar-refractivity contribution in [1.29, 1.82) is 0 Å². The fourth-order valence-electron chi connectivity index (χ4n) is 5.86. The Kier molecular flexibility index (Phi) is 12.5. The van der Waals surface area contributed by atoms with Crippen molar-refractivity contribution in [3.63, 3.8) is 0 Å². The van der Waals surface area contributed by atoms with Gasteiger partial charge in [-0.2, -0.15) is 0 Å². The Morgan fingerprint density at radius 2 is 1.83 bits per heavy atom. The summed E-state index contributed by atoms with van der Waals surface area (Å²) in [6.07, 6.45) is 9.87. The van der Waals surface area contributed by atoms with Gasteiger partial charge < -0.3 is 29.1 Å². The second-order valence-corrected chi connectivity index (χ2v) is 13.5. The number of rotatable bonds is 6. The van der Waals surface area contributed by atoms with Crippen LogP contribution in [0.3, 0.4) is 0 Å². The number of piperazine rings is 1. The van der Waals surface area contributed by atoms with Crippen LogP contribution in [-0.4, -0.2) is 95.3 Å². The number of hydrogen-bond donors (Lipinski definition) is 1. The highest BCUT2D eigenvalue weighted by atomic mass is 16.6. The van der Waals surface area contributed by atoms with E-state index in [0.717, 1.165) is 29.6 Å². The molecule has 0 radical (unpaired) electrons. The summed E-state index contributed by atoms with van der Waals surface area (Å²) in [6, 6.07) is 9.51. The highest BCUT2D eigenvalue weighted by Crippen LogP contribution is 2.29. The van der Waals surface area contributed by atoms with Crippen molar-refractivity contribution in [3.05, 3.63) is 72.5 Å². The number of likely N-dealkylation sites (N-methyl/N-ethyl adjacent to an activating group) is 1. The van der Waals surface area contributed by atoms with Crippen molar-refractivity contribution in [3.8, 4) is 0 Å². The average Bonchev–Trinajstić information content (AvgIpc) is 3.47. The Morgan fingerprint density at radius 1 is 1.11 bits per heavy atom. The molecule has 1 aromatic heterocycles. The Morgan fingerprint density at radius 3 is 2.57 bits per heavy atom. The van der Waals surface area contributed by atoms with Crippen molar-refractivity contribution < 1.29 is 33.7 Å². The molecule has 4 rings (SSSR count). The molecule has 1 aromatic carbocycles. The lowest BCUT2D eigenvalue weighted by atomic mass is 9.87. The number of fused-ring (bicyclic) bond motifs is 1. The molecular weight excluding hydrogens is 598 g/mol. The first-order valence-electron chi connectivity index (χ1n) is 16.7. The van der Waals surface area contributed by atoms with Crippen LogP contribution >= 0.6 is 0 Å². The molecule has 47 heavy (non-hydrogen) atoms. The zero-order valence-corrected chi connectivity index (χ0v) is 28.6. The maximum Gasteiger partial charge on any atom is 0.418 e. The summed E-state index contributed by atoms with van der Waals surface area (Å²) in [5.41, 5.74) is 0.316. The minimum Gasteiger partial charge on any atom is -0.457 e. The Labute approximate surface area is 278 Å². The van der Waals surface area contributed by atoms with Crippen molar-refractivity contribution in [2.45, 2.75) is 71.7 Å². The van der Waals surface area contributed by atoms with Crippen LogP contribution in [0.5, 0.6) is 0 Å². The van der Waals surface area contributed by atoms with Crippen molar-refractivity contribution in [2.75, 3.05) is 39.8 Å². The van der Waals surface area contributed by atoms with Gasteiger partial charge in [-0.15, -0.1) is 0 Å². The van der Waals surface area contributed by atoms with Gasteiger partial charge in [-0.05, 0) is 63.4 Å². The first kappa shape index (κ1) is 36.0. The van der Waals surface area contributed by atoms with E-state index in [0.29, 0.717) is 25.9 Å². The molecule has 10 nitrogen and oxygen atoms in total. The Balaban J connectivity index is 1.43. The molecule has 0 spiro atoms. The minimum atomic E-state index is -1.31. The van der Waals surface area contributed by atoms with Gasteiger partial charge in [-0.25, -0.2) is 9.59 Å². The third-order valence-electron chi connectivity index (χ3n) is 9.10. The smallest absolute Gasteiger partial charge is 0.418 e. The molecule has 1 saturated heterocycles. The highest BCUT2D eigenvalue weighted by molar-refractivity contribution is 5.89. The molecule has 0 saturated carbocycles. The molecule has 2 aliphatic heterocycles. The van der Waals surface area contributed by atoms with Crippen LogP contribution in [0.4, 0.5) is 9.59 Å². The number of carbonyl (C=O) groups excluding carboxylic acids is 3. The Hall–Kier alpha value is -3.89.